The number of nitrogens with one attached hydrogen (secondary N) is 1. The van der Waals surface area contributed by atoms with Crippen LogP contribution in [0.15, 0.2) is 22.7 Å². The maximum absolute atomic E-state index is 10.3. The minimum Gasteiger partial charge on any atom is -0.379 e. The fourth-order valence-corrected chi connectivity index (χ4v) is 2.21. The van der Waals surface area contributed by atoms with Gasteiger partial charge >= 0.3 is 0 Å². The number of rotatable bonds is 2. The highest BCUT2D eigenvalue weighted by atomic mass is 79.9. The third kappa shape index (κ3) is 7.63. The molecular formula is C17H28BrNO2. The molecule has 1 aliphatic rings. The Labute approximate surface area is 137 Å². The lowest BCUT2D eigenvalue weighted by atomic mass is 10.1. The molecule has 2 rings (SSSR count). The molecule has 3 nitrogen and oxygen atoms in total. The van der Waals surface area contributed by atoms with E-state index >= 15 is 0 Å². The van der Waals surface area contributed by atoms with Crippen molar-refractivity contribution in [3.05, 3.63) is 33.8 Å². The number of benzene rings is 1. The van der Waals surface area contributed by atoms with E-state index in [1.807, 2.05) is 40.7 Å². The highest BCUT2D eigenvalue weighted by Gasteiger charge is 2.21. The van der Waals surface area contributed by atoms with Crippen LogP contribution in [0.25, 0.3) is 0 Å². The Morgan fingerprint density at radius 1 is 1.33 bits per heavy atom. The molecule has 1 atom stereocenters. The maximum atomic E-state index is 10.3. The van der Waals surface area contributed by atoms with Gasteiger partial charge < -0.3 is 10.1 Å². The van der Waals surface area contributed by atoms with Gasteiger partial charge in [0.25, 0.3) is 0 Å². The lowest BCUT2D eigenvalue weighted by Crippen LogP contribution is -2.16. The van der Waals surface area contributed by atoms with Gasteiger partial charge in [0.15, 0.2) is 0 Å². The molecule has 0 aliphatic heterocycles. The first kappa shape index (κ1) is 20.1. The van der Waals surface area contributed by atoms with E-state index in [1.165, 1.54) is 11.1 Å². The van der Waals surface area contributed by atoms with Crippen molar-refractivity contribution < 1.29 is 9.53 Å². The summed E-state index contributed by atoms with van der Waals surface area (Å²) in [6.45, 7) is 10.1. The zero-order valence-corrected chi connectivity index (χ0v) is 15.6. The lowest BCUT2D eigenvalue weighted by molar-refractivity contribution is -0.110. The SMILES string of the molecule is CC.COC(C)(C)C.O=CNC1CCc2ccc(Br)cc21. The first-order valence-electron chi connectivity index (χ1n) is 7.40. The number of hydrogen-bond acceptors (Lipinski definition) is 2. The number of amides is 1. The van der Waals surface area contributed by atoms with Crippen LogP contribution in [-0.4, -0.2) is 19.1 Å². The summed E-state index contributed by atoms with van der Waals surface area (Å²) in [6, 6.07) is 6.46. The lowest BCUT2D eigenvalue weighted by Gasteiger charge is -2.14. The predicted octanol–water partition coefficient (Wildman–Crippen LogP) is 4.64. The predicted molar refractivity (Wildman–Crippen MR) is 92.5 cm³/mol. The molecule has 120 valence electrons. The van der Waals surface area contributed by atoms with Crippen LogP contribution in [-0.2, 0) is 16.0 Å². The van der Waals surface area contributed by atoms with Gasteiger partial charge in [-0.05, 0) is 56.9 Å². The molecule has 0 saturated carbocycles. The van der Waals surface area contributed by atoms with E-state index < -0.39 is 0 Å². The number of fused-ring (bicyclic) bond motifs is 1. The van der Waals surface area contributed by atoms with Crippen molar-refractivity contribution in [3.8, 4) is 0 Å². The Balaban J connectivity index is 0.000000427. The maximum Gasteiger partial charge on any atom is 0.207 e. The van der Waals surface area contributed by atoms with E-state index in [0.717, 1.165) is 23.7 Å². The molecule has 0 radical (unpaired) electrons. The molecule has 0 spiro atoms. The van der Waals surface area contributed by atoms with Gasteiger partial charge in [-0.3, -0.25) is 4.79 Å². The molecule has 0 saturated heterocycles. The number of hydrogen-bond donors (Lipinski definition) is 1. The van der Waals surface area contributed by atoms with Crippen LogP contribution in [0.5, 0.6) is 0 Å². The third-order valence-electron chi connectivity index (χ3n) is 3.07. The van der Waals surface area contributed by atoms with Crippen molar-refractivity contribution in [1.82, 2.24) is 5.32 Å². The number of carbonyl (C=O) groups is 1. The van der Waals surface area contributed by atoms with Gasteiger partial charge in [-0.2, -0.15) is 0 Å². The number of carbonyl (C=O) groups excluding carboxylic acids is 1. The van der Waals surface area contributed by atoms with Crippen molar-refractivity contribution in [2.24, 2.45) is 0 Å². The zero-order chi connectivity index (χ0) is 16.5. The largest absolute Gasteiger partial charge is 0.379 e. The van der Waals surface area contributed by atoms with Crippen LogP contribution in [0.2, 0.25) is 0 Å². The van der Waals surface area contributed by atoms with Crippen LogP contribution in [0.1, 0.15) is 58.2 Å². The van der Waals surface area contributed by atoms with Crippen LogP contribution >= 0.6 is 15.9 Å². The van der Waals surface area contributed by atoms with Crippen molar-refractivity contribution in [1.29, 1.82) is 0 Å². The number of halogens is 1. The van der Waals surface area contributed by atoms with Gasteiger partial charge in [0.2, 0.25) is 6.41 Å². The molecule has 0 bridgehead atoms. The Bertz CT molecular complexity index is 427. The average molecular weight is 358 g/mol. The molecule has 1 amide bonds. The van der Waals surface area contributed by atoms with Gasteiger partial charge in [-0.25, -0.2) is 0 Å². The summed E-state index contributed by atoms with van der Waals surface area (Å²) in [7, 11) is 1.71. The number of aryl methyl sites for hydroxylation is 1. The summed E-state index contributed by atoms with van der Waals surface area (Å²) in [5, 5.41) is 2.83. The molecule has 0 heterocycles. The summed E-state index contributed by atoms with van der Waals surface area (Å²) in [4.78, 5) is 10.3. The quantitative estimate of drug-likeness (QED) is 0.782. The smallest absolute Gasteiger partial charge is 0.207 e. The summed E-state index contributed by atoms with van der Waals surface area (Å²) >= 11 is 3.43. The molecule has 1 unspecified atom stereocenters. The van der Waals surface area contributed by atoms with Crippen LogP contribution in [0.3, 0.4) is 0 Å². The first-order chi connectivity index (χ1) is 9.87. The molecule has 21 heavy (non-hydrogen) atoms. The molecule has 0 fully saturated rings. The Morgan fingerprint density at radius 3 is 2.38 bits per heavy atom. The fraction of sp³-hybridized carbons (Fsp3) is 0.588. The van der Waals surface area contributed by atoms with Crippen LogP contribution < -0.4 is 5.32 Å². The number of ether oxygens (including phenoxy) is 1. The van der Waals surface area contributed by atoms with Gasteiger partial charge in [0, 0.05) is 11.6 Å². The van der Waals surface area contributed by atoms with Crippen molar-refractivity contribution >= 4 is 22.3 Å². The normalized spacial score (nSPS) is 15.9. The Morgan fingerprint density at radius 2 is 1.90 bits per heavy atom. The summed E-state index contributed by atoms with van der Waals surface area (Å²) < 4.78 is 6.01. The highest BCUT2D eigenvalue weighted by molar-refractivity contribution is 9.10. The standard InChI is InChI=1S/C10H10BrNO.C5H12O.C2H6/c11-8-3-1-7-2-4-10(12-6-13)9(7)5-8;1-5(2,3)6-4;1-2/h1,3,5-6,10H,2,4H2,(H,12,13);1-4H3;1-2H3. The van der Waals surface area contributed by atoms with Crippen molar-refractivity contribution in [2.75, 3.05) is 7.11 Å². The van der Waals surface area contributed by atoms with E-state index in [0.29, 0.717) is 0 Å². The van der Waals surface area contributed by atoms with Gasteiger partial charge in [0.1, 0.15) is 0 Å². The molecule has 4 heteroatoms. The van der Waals surface area contributed by atoms with E-state index in [4.69, 9.17) is 4.74 Å². The van der Waals surface area contributed by atoms with E-state index in [2.05, 4.69) is 33.4 Å². The van der Waals surface area contributed by atoms with Crippen LogP contribution in [0, 0.1) is 0 Å². The summed E-state index contributed by atoms with van der Waals surface area (Å²) in [5.74, 6) is 0. The Hall–Kier alpha value is -0.870. The van der Waals surface area contributed by atoms with Gasteiger partial charge in [-0.1, -0.05) is 35.8 Å². The second-order valence-corrected chi connectivity index (χ2v) is 6.45. The second-order valence-electron chi connectivity index (χ2n) is 5.54. The second kappa shape index (κ2) is 9.96. The molecule has 1 aliphatic carbocycles. The van der Waals surface area contributed by atoms with E-state index in [9.17, 15) is 4.79 Å². The topological polar surface area (TPSA) is 38.3 Å². The average Bonchev–Trinajstić information content (AvgIpc) is 2.84. The minimum absolute atomic E-state index is 0.0417. The monoisotopic (exact) mass is 357 g/mol. The molecule has 1 N–H and O–H groups in total. The molecule has 1 aromatic carbocycles. The van der Waals surface area contributed by atoms with Crippen LogP contribution in [0.4, 0.5) is 0 Å². The van der Waals surface area contributed by atoms with E-state index in [1.54, 1.807) is 7.11 Å². The highest BCUT2D eigenvalue weighted by Crippen LogP contribution is 2.32. The first-order valence-corrected chi connectivity index (χ1v) is 8.20. The molecule has 0 aromatic heterocycles. The summed E-state index contributed by atoms with van der Waals surface area (Å²) in [5.41, 5.74) is 2.64. The molecule has 1 aromatic rings. The fourth-order valence-electron chi connectivity index (χ4n) is 1.83. The third-order valence-corrected chi connectivity index (χ3v) is 3.56. The zero-order valence-electron chi connectivity index (χ0n) is 14.0. The van der Waals surface area contributed by atoms with Crippen molar-refractivity contribution in [2.45, 2.75) is 59.1 Å². The van der Waals surface area contributed by atoms with Crippen molar-refractivity contribution in [3.63, 3.8) is 0 Å². The number of methoxy groups -OCH3 is 1. The van der Waals surface area contributed by atoms with E-state index in [-0.39, 0.29) is 11.6 Å². The summed E-state index contributed by atoms with van der Waals surface area (Å²) in [6.07, 6.45) is 2.86. The van der Waals surface area contributed by atoms with Gasteiger partial charge in [-0.15, -0.1) is 0 Å². The Kier molecular flexibility index (Phi) is 9.54. The minimum atomic E-state index is 0.0417. The molecular weight excluding hydrogens is 330 g/mol. The van der Waals surface area contributed by atoms with Gasteiger partial charge in [0.05, 0.1) is 11.6 Å².